The average molecular weight is 254 g/mol. The van der Waals surface area contributed by atoms with Crippen molar-refractivity contribution in [3.8, 4) is 0 Å². The van der Waals surface area contributed by atoms with Crippen molar-refractivity contribution < 1.29 is 16.8 Å². The number of hydrogen-bond donors (Lipinski definition) is 0. The SMILES string of the molecule is CC1CCS(=O)(=O)C1.O=S1(=O)CCCC1. The van der Waals surface area contributed by atoms with Gasteiger partial charge in [-0.05, 0) is 25.2 Å². The first-order valence-electron chi connectivity index (χ1n) is 5.22. The average Bonchev–Trinajstić information content (AvgIpc) is 2.59. The Bertz CT molecular complexity index is 382. The van der Waals surface area contributed by atoms with E-state index in [0.29, 0.717) is 28.9 Å². The van der Waals surface area contributed by atoms with Gasteiger partial charge in [-0.3, -0.25) is 0 Å². The van der Waals surface area contributed by atoms with Crippen molar-refractivity contribution in [1.29, 1.82) is 0 Å². The Hall–Kier alpha value is -0.100. The van der Waals surface area contributed by atoms with Crippen molar-refractivity contribution in [1.82, 2.24) is 0 Å². The summed E-state index contributed by atoms with van der Waals surface area (Å²) in [6.07, 6.45) is 2.62. The van der Waals surface area contributed by atoms with Gasteiger partial charge in [0.05, 0.1) is 23.0 Å². The molecule has 1 atom stereocenters. The highest BCUT2D eigenvalue weighted by molar-refractivity contribution is 7.91. The van der Waals surface area contributed by atoms with E-state index in [-0.39, 0.29) is 0 Å². The normalized spacial score (nSPS) is 31.9. The first kappa shape index (κ1) is 13.0. The van der Waals surface area contributed by atoms with E-state index < -0.39 is 19.7 Å². The topological polar surface area (TPSA) is 68.3 Å². The minimum atomic E-state index is -2.60. The lowest BCUT2D eigenvalue weighted by Crippen LogP contribution is -2.01. The zero-order chi connectivity index (χ0) is 11.5. The van der Waals surface area contributed by atoms with E-state index in [1.165, 1.54) is 0 Å². The van der Waals surface area contributed by atoms with Crippen LogP contribution in [0.25, 0.3) is 0 Å². The van der Waals surface area contributed by atoms with Gasteiger partial charge in [-0.25, -0.2) is 16.8 Å². The van der Waals surface area contributed by atoms with Gasteiger partial charge in [0, 0.05) is 0 Å². The molecule has 0 aliphatic carbocycles. The van der Waals surface area contributed by atoms with E-state index >= 15 is 0 Å². The maximum absolute atomic E-state index is 10.6. The van der Waals surface area contributed by atoms with Gasteiger partial charge in [-0.1, -0.05) is 6.92 Å². The van der Waals surface area contributed by atoms with Crippen LogP contribution in [0.1, 0.15) is 26.2 Å². The van der Waals surface area contributed by atoms with Gasteiger partial charge in [0.1, 0.15) is 9.84 Å². The molecule has 0 bridgehead atoms. The third kappa shape index (κ3) is 4.97. The van der Waals surface area contributed by atoms with Gasteiger partial charge < -0.3 is 0 Å². The van der Waals surface area contributed by atoms with Crippen LogP contribution in [0.15, 0.2) is 0 Å². The van der Waals surface area contributed by atoms with Crippen LogP contribution in [-0.2, 0) is 19.7 Å². The van der Waals surface area contributed by atoms with Crippen LogP contribution in [-0.4, -0.2) is 39.8 Å². The summed E-state index contributed by atoms with van der Waals surface area (Å²) >= 11 is 0. The van der Waals surface area contributed by atoms with Crippen LogP contribution in [0.3, 0.4) is 0 Å². The number of rotatable bonds is 0. The summed E-state index contributed by atoms with van der Waals surface area (Å²) in [6, 6.07) is 0. The summed E-state index contributed by atoms with van der Waals surface area (Å²) in [7, 11) is -5.14. The molecule has 0 aromatic heterocycles. The fourth-order valence-electron chi connectivity index (χ4n) is 1.73. The molecule has 0 amide bonds. The molecule has 90 valence electrons. The smallest absolute Gasteiger partial charge is 0.150 e. The first-order chi connectivity index (χ1) is 6.81. The summed E-state index contributed by atoms with van der Waals surface area (Å²) in [5.74, 6) is 2.07. The molecule has 0 aromatic carbocycles. The van der Waals surface area contributed by atoms with Gasteiger partial charge in [0.25, 0.3) is 0 Å². The van der Waals surface area contributed by atoms with Crippen molar-refractivity contribution in [2.75, 3.05) is 23.0 Å². The number of hydrogen-bond acceptors (Lipinski definition) is 4. The van der Waals surface area contributed by atoms with Crippen LogP contribution in [0, 0.1) is 5.92 Å². The predicted octanol–water partition coefficient (Wildman–Crippen LogP) is 0.636. The molecular weight excluding hydrogens is 236 g/mol. The summed E-state index contributed by atoms with van der Waals surface area (Å²) in [5.41, 5.74) is 0. The second-order valence-corrected chi connectivity index (χ2v) is 8.90. The van der Waals surface area contributed by atoms with Crippen LogP contribution >= 0.6 is 0 Å². The Labute approximate surface area is 91.9 Å². The predicted molar refractivity (Wildman–Crippen MR) is 60.3 cm³/mol. The number of sulfone groups is 2. The molecule has 0 spiro atoms. The largest absolute Gasteiger partial charge is 0.229 e. The molecule has 0 radical (unpaired) electrons. The molecule has 0 N–H and O–H groups in total. The van der Waals surface area contributed by atoms with E-state index in [1.54, 1.807) is 0 Å². The lowest BCUT2D eigenvalue weighted by Gasteiger charge is -1.90. The van der Waals surface area contributed by atoms with Gasteiger partial charge >= 0.3 is 0 Å². The molecule has 2 fully saturated rings. The third-order valence-electron chi connectivity index (χ3n) is 2.62. The molecule has 2 aliphatic rings. The van der Waals surface area contributed by atoms with E-state index in [2.05, 4.69) is 0 Å². The van der Waals surface area contributed by atoms with E-state index in [4.69, 9.17) is 0 Å². The highest BCUT2D eigenvalue weighted by atomic mass is 32.2. The van der Waals surface area contributed by atoms with Crippen molar-refractivity contribution in [3.05, 3.63) is 0 Å². The Balaban J connectivity index is 0.000000151. The zero-order valence-corrected chi connectivity index (χ0v) is 10.6. The fraction of sp³-hybridized carbons (Fsp3) is 1.00. The fourth-order valence-corrected chi connectivity index (χ4v) is 5.18. The van der Waals surface area contributed by atoms with Crippen molar-refractivity contribution in [3.63, 3.8) is 0 Å². The Morgan fingerprint density at radius 2 is 1.40 bits per heavy atom. The second-order valence-electron chi connectivity index (χ2n) is 4.37. The van der Waals surface area contributed by atoms with Crippen LogP contribution in [0.4, 0.5) is 0 Å². The molecule has 2 saturated heterocycles. The molecule has 6 heteroatoms. The summed E-state index contributed by atoms with van der Waals surface area (Å²) < 4.78 is 42.1. The molecule has 2 rings (SSSR count). The molecule has 0 saturated carbocycles. The second kappa shape index (κ2) is 4.82. The van der Waals surface area contributed by atoms with Gasteiger partial charge in [0.15, 0.2) is 9.84 Å². The standard InChI is InChI=1S/C5H10O2S.C4H8O2S/c1-5-2-3-8(6,7)4-5;5-7(6)3-1-2-4-7/h5H,2-4H2,1H3;1-4H2. The molecule has 2 heterocycles. The molecular formula is C9H18O4S2. The summed E-state index contributed by atoms with van der Waals surface area (Å²) in [4.78, 5) is 0. The zero-order valence-electron chi connectivity index (χ0n) is 8.98. The molecule has 1 unspecified atom stereocenters. The Kier molecular flexibility index (Phi) is 4.17. The summed E-state index contributed by atoms with van der Waals surface area (Å²) in [5, 5.41) is 0. The minimum Gasteiger partial charge on any atom is -0.229 e. The highest BCUT2D eigenvalue weighted by Crippen LogP contribution is 2.16. The van der Waals surface area contributed by atoms with Crippen molar-refractivity contribution >= 4 is 19.7 Å². The first-order valence-corrected chi connectivity index (χ1v) is 8.86. The molecule has 0 aromatic rings. The summed E-state index contributed by atoms with van der Waals surface area (Å²) in [6.45, 7) is 1.98. The minimum absolute atomic E-state index is 0.403. The van der Waals surface area contributed by atoms with Gasteiger partial charge in [-0.15, -0.1) is 0 Å². The Morgan fingerprint density at radius 1 is 0.867 bits per heavy atom. The van der Waals surface area contributed by atoms with Gasteiger partial charge in [-0.2, -0.15) is 0 Å². The molecule has 2 aliphatic heterocycles. The van der Waals surface area contributed by atoms with Crippen LogP contribution in [0.2, 0.25) is 0 Å². The van der Waals surface area contributed by atoms with E-state index in [9.17, 15) is 16.8 Å². The lowest BCUT2D eigenvalue weighted by atomic mass is 10.2. The van der Waals surface area contributed by atoms with Crippen LogP contribution in [0.5, 0.6) is 0 Å². The van der Waals surface area contributed by atoms with Crippen LogP contribution < -0.4 is 0 Å². The Morgan fingerprint density at radius 3 is 1.53 bits per heavy atom. The highest BCUT2D eigenvalue weighted by Gasteiger charge is 2.23. The quantitative estimate of drug-likeness (QED) is 0.636. The molecule has 4 nitrogen and oxygen atoms in total. The maximum Gasteiger partial charge on any atom is 0.150 e. The van der Waals surface area contributed by atoms with E-state index in [1.807, 2.05) is 6.92 Å². The maximum atomic E-state index is 10.6. The third-order valence-corrected chi connectivity index (χ3v) is 6.38. The van der Waals surface area contributed by atoms with Crippen molar-refractivity contribution in [2.24, 2.45) is 5.92 Å². The van der Waals surface area contributed by atoms with Crippen molar-refractivity contribution in [2.45, 2.75) is 26.2 Å². The van der Waals surface area contributed by atoms with Gasteiger partial charge in [0.2, 0.25) is 0 Å². The lowest BCUT2D eigenvalue weighted by molar-refractivity contribution is 0.598. The van der Waals surface area contributed by atoms with E-state index in [0.717, 1.165) is 19.3 Å². The molecule has 15 heavy (non-hydrogen) atoms. The monoisotopic (exact) mass is 254 g/mol.